The Kier molecular flexibility index (Phi) is 7.90. The molecule has 224 valence electrons. The topological polar surface area (TPSA) is 78.1 Å². The standard InChI is InChI=1S/C35H22N2O4.2C2H6/c38-32-24-14-5-3-12-22(24)30-28(32)20-10-1-7-16-26(20)34(40)36(30)18-9-19-37-31-23-13-4-6-15-25(23)33(39)29(31)21-11-2-8-17-27(21)35(37)41;2*1-2/h1-8,10-17H,9,18-19H2;2*1-2H3. The maximum Gasteiger partial charge on any atom is 0.258 e. The number of hydrogen-bond acceptors (Lipinski definition) is 4. The molecular weight excluding hydrogens is 560 g/mol. The Labute approximate surface area is 261 Å². The van der Waals surface area contributed by atoms with Crippen LogP contribution in [0.5, 0.6) is 0 Å². The maximum absolute atomic E-state index is 13.8. The molecule has 45 heavy (non-hydrogen) atoms. The number of rotatable bonds is 4. The molecule has 0 bridgehead atoms. The van der Waals surface area contributed by atoms with E-state index in [2.05, 4.69) is 0 Å². The molecule has 6 heteroatoms. The van der Waals surface area contributed by atoms with Gasteiger partial charge in [0, 0.05) is 56.9 Å². The predicted molar refractivity (Wildman–Crippen MR) is 181 cm³/mol. The summed E-state index contributed by atoms with van der Waals surface area (Å²) >= 11 is 0. The van der Waals surface area contributed by atoms with Crippen molar-refractivity contribution in [3.8, 4) is 22.5 Å². The van der Waals surface area contributed by atoms with Gasteiger partial charge in [-0.1, -0.05) is 113 Å². The Balaban J connectivity index is 0.000000860. The van der Waals surface area contributed by atoms with E-state index in [1.165, 1.54) is 0 Å². The smallest absolute Gasteiger partial charge is 0.258 e. The first-order valence-corrected chi connectivity index (χ1v) is 15.7. The molecular formula is C39H34N2O4. The van der Waals surface area contributed by atoms with Crippen LogP contribution in [0.3, 0.4) is 0 Å². The highest BCUT2D eigenvalue weighted by molar-refractivity contribution is 6.27. The van der Waals surface area contributed by atoms with Gasteiger partial charge in [0.25, 0.3) is 11.1 Å². The molecule has 2 aliphatic carbocycles. The Morgan fingerprint density at radius 1 is 0.422 bits per heavy atom. The van der Waals surface area contributed by atoms with Crippen molar-refractivity contribution >= 4 is 33.1 Å². The lowest BCUT2D eigenvalue weighted by molar-refractivity contribution is 0.103. The molecule has 0 unspecified atom stereocenters. The molecule has 4 aromatic carbocycles. The van der Waals surface area contributed by atoms with Crippen LogP contribution in [0, 0.1) is 0 Å². The number of ketones is 2. The summed E-state index contributed by atoms with van der Waals surface area (Å²) in [7, 11) is 0. The van der Waals surface area contributed by atoms with Crippen LogP contribution in [-0.2, 0) is 13.1 Å². The van der Waals surface area contributed by atoms with Crippen molar-refractivity contribution in [1.29, 1.82) is 0 Å². The number of aromatic nitrogens is 2. The first kappa shape index (κ1) is 29.7. The second kappa shape index (κ2) is 12.0. The van der Waals surface area contributed by atoms with Crippen LogP contribution in [0.1, 0.15) is 66.0 Å². The number of carbonyl (C=O) groups is 2. The number of pyridine rings is 2. The third kappa shape index (κ3) is 4.40. The van der Waals surface area contributed by atoms with Gasteiger partial charge in [-0.2, -0.15) is 0 Å². The van der Waals surface area contributed by atoms with Crippen molar-refractivity contribution in [2.75, 3.05) is 0 Å². The molecule has 0 spiro atoms. The van der Waals surface area contributed by atoms with Crippen LogP contribution < -0.4 is 11.1 Å². The van der Waals surface area contributed by atoms with E-state index in [0.717, 1.165) is 11.1 Å². The van der Waals surface area contributed by atoms with Gasteiger partial charge in [-0.15, -0.1) is 0 Å². The van der Waals surface area contributed by atoms with Gasteiger partial charge >= 0.3 is 0 Å². The molecule has 6 aromatic rings. The Morgan fingerprint density at radius 2 is 0.733 bits per heavy atom. The number of carbonyl (C=O) groups excluding carboxylic acids is 2. The van der Waals surface area contributed by atoms with Crippen molar-refractivity contribution in [3.05, 3.63) is 140 Å². The summed E-state index contributed by atoms with van der Waals surface area (Å²) in [6, 6.07) is 29.2. The Morgan fingerprint density at radius 3 is 1.11 bits per heavy atom. The third-order valence-corrected chi connectivity index (χ3v) is 8.43. The molecule has 2 aromatic heterocycles. The maximum atomic E-state index is 13.8. The zero-order valence-corrected chi connectivity index (χ0v) is 25.9. The molecule has 2 heterocycles. The fourth-order valence-corrected chi connectivity index (χ4v) is 6.67. The van der Waals surface area contributed by atoms with Crippen molar-refractivity contribution in [2.24, 2.45) is 0 Å². The van der Waals surface area contributed by atoms with Crippen molar-refractivity contribution < 1.29 is 9.59 Å². The summed E-state index contributed by atoms with van der Waals surface area (Å²) < 4.78 is 3.37. The predicted octanol–water partition coefficient (Wildman–Crippen LogP) is 7.88. The van der Waals surface area contributed by atoms with Gasteiger partial charge in [0.05, 0.1) is 22.5 Å². The van der Waals surface area contributed by atoms with E-state index in [-0.39, 0.29) is 22.7 Å². The minimum atomic E-state index is -0.166. The molecule has 0 radical (unpaired) electrons. The quantitative estimate of drug-likeness (QED) is 0.208. The molecule has 8 rings (SSSR count). The fraction of sp³-hybridized carbons (Fsp3) is 0.179. The average Bonchev–Trinajstić information content (AvgIpc) is 3.57. The molecule has 0 saturated carbocycles. The molecule has 0 N–H and O–H groups in total. The van der Waals surface area contributed by atoms with E-state index in [0.29, 0.717) is 74.7 Å². The van der Waals surface area contributed by atoms with Gasteiger partial charge < -0.3 is 9.13 Å². The molecule has 2 aliphatic rings. The summed E-state index contributed by atoms with van der Waals surface area (Å²) in [5.74, 6) is -0.168. The number of hydrogen-bond donors (Lipinski definition) is 0. The highest BCUT2D eigenvalue weighted by Gasteiger charge is 2.34. The molecule has 0 aliphatic heterocycles. The first-order chi connectivity index (χ1) is 22.1. The fourth-order valence-electron chi connectivity index (χ4n) is 6.67. The van der Waals surface area contributed by atoms with Gasteiger partial charge in [-0.3, -0.25) is 19.2 Å². The zero-order valence-electron chi connectivity index (χ0n) is 25.9. The van der Waals surface area contributed by atoms with E-state index in [1.807, 2.05) is 88.4 Å². The molecule has 0 fully saturated rings. The van der Waals surface area contributed by atoms with E-state index in [4.69, 9.17) is 0 Å². The Hall–Kier alpha value is -5.36. The van der Waals surface area contributed by atoms with Crippen molar-refractivity contribution in [1.82, 2.24) is 9.13 Å². The van der Waals surface area contributed by atoms with Gasteiger partial charge in [-0.05, 0) is 18.6 Å². The van der Waals surface area contributed by atoms with Crippen molar-refractivity contribution in [3.63, 3.8) is 0 Å². The van der Waals surface area contributed by atoms with E-state index in [9.17, 15) is 19.2 Å². The van der Waals surface area contributed by atoms with Crippen LogP contribution >= 0.6 is 0 Å². The van der Waals surface area contributed by atoms with E-state index in [1.54, 1.807) is 45.5 Å². The summed E-state index contributed by atoms with van der Waals surface area (Å²) in [6.45, 7) is 8.61. The molecule has 6 nitrogen and oxygen atoms in total. The second-order valence-corrected chi connectivity index (χ2v) is 10.6. The van der Waals surface area contributed by atoms with Gasteiger partial charge in [0.1, 0.15) is 0 Å². The average molecular weight is 595 g/mol. The minimum absolute atomic E-state index is 0.0840. The zero-order chi connectivity index (χ0) is 31.8. The van der Waals surface area contributed by atoms with Crippen LogP contribution in [0.25, 0.3) is 44.1 Å². The van der Waals surface area contributed by atoms with Gasteiger partial charge in [-0.25, -0.2) is 0 Å². The SMILES string of the molecule is CC.CC.O=C1c2ccccc2-c2c1c1ccccc1c(=O)n2CCCn1c2c(c3ccccc3c1=O)C(=O)c1ccccc1-2. The molecule has 0 saturated heterocycles. The van der Waals surface area contributed by atoms with E-state index < -0.39 is 0 Å². The molecule has 0 amide bonds. The summed E-state index contributed by atoms with van der Waals surface area (Å²) in [6.07, 6.45) is 0.447. The Bertz CT molecular complexity index is 2110. The molecule has 0 atom stereocenters. The number of fused-ring (bicyclic) bond motifs is 10. The normalized spacial score (nSPS) is 12.1. The summed E-state index contributed by atoms with van der Waals surface area (Å²) in [4.78, 5) is 54.7. The van der Waals surface area contributed by atoms with Gasteiger partial charge in [0.2, 0.25) is 0 Å². The van der Waals surface area contributed by atoms with Crippen LogP contribution in [0.4, 0.5) is 0 Å². The number of nitrogens with zero attached hydrogens (tertiary/aromatic N) is 2. The monoisotopic (exact) mass is 594 g/mol. The summed E-state index contributed by atoms with van der Waals surface area (Å²) in [5.41, 5.74) is 4.70. The largest absolute Gasteiger partial charge is 0.307 e. The third-order valence-electron chi connectivity index (χ3n) is 8.43. The highest BCUT2D eigenvalue weighted by atomic mass is 16.1. The van der Waals surface area contributed by atoms with Crippen LogP contribution in [0.15, 0.2) is 107 Å². The van der Waals surface area contributed by atoms with Gasteiger partial charge in [0.15, 0.2) is 11.6 Å². The lowest BCUT2D eigenvalue weighted by Gasteiger charge is -2.17. The highest BCUT2D eigenvalue weighted by Crippen LogP contribution is 2.40. The summed E-state index contributed by atoms with van der Waals surface area (Å²) in [5, 5.41) is 2.30. The first-order valence-electron chi connectivity index (χ1n) is 15.7. The second-order valence-electron chi connectivity index (χ2n) is 10.6. The lowest BCUT2D eigenvalue weighted by atomic mass is 10.0. The van der Waals surface area contributed by atoms with Crippen molar-refractivity contribution in [2.45, 2.75) is 47.2 Å². The van der Waals surface area contributed by atoms with E-state index >= 15 is 0 Å². The van der Waals surface area contributed by atoms with Crippen LogP contribution in [-0.4, -0.2) is 20.7 Å². The minimum Gasteiger partial charge on any atom is -0.307 e. The lowest BCUT2D eigenvalue weighted by Crippen LogP contribution is -2.27. The van der Waals surface area contributed by atoms with Crippen LogP contribution in [0.2, 0.25) is 0 Å². The number of benzene rings is 4.